The smallest absolute Gasteiger partial charge is 0.368 e. The largest absolute Gasteiger partial charge is 0.416 e. The van der Waals surface area contributed by atoms with E-state index < -0.39 is 11.7 Å². The first-order chi connectivity index (χ1) is 8.88. The standard InChI is InChI=1S/C13H16F3N3/c1-10(17)18-5-7-19(8-6-18)12-4-2-3-11(9-12)13(14,15)16/h2-4,9,17H,5-8H2,1H3. The number of anilines is 1. The Kier molecular flexibility index (Phi) is 3.68. The number of nitrogens with zero attached hydrogens (tertiary/aromatic N) is 2. The zero-order chi connectivity index (χ0) is 14.0. The minimum Gasteiger partial charge on any atom is -0.368 e. The van der Waals surface area contributed by atoms with E-state index in [9.17, 15) is 13.2 Å². The maximum absolute atomic E-state index is 12.6. The van der Waals surface area contributed by atoms with Crippen molar-refractivity contribution in [2.24, 2.45) is 0 Å². The van der Waals surface area contributed by atoms with E-state index >= 15 is 0 Å². The predicted molar refractivity (Wildman–Crippen MR) is 68.6 cm³/mol. The molecule has 0 saturated carbocycles. The molecule has 0 radical (unpaired) electrons. The van der Waals surface area contributed by atoms with E-state index in [1.807, 2.05) is 9.80 Å². The first kappa shape index (κ1) is 13.7. The van der Waals surface area contributed by atoms with Gasteiger partial charge in [-0.3, -0.25) is 5.41 Å². The summed E-state index contributed by atoms with van der Waals surface area (Å²) in [5, 5.41) is 7.53. The van der Waals surface area contributed by atoms with Crippen molar-refractivity contribution in [3.05, 3.63) is 29.8 Å². The lowest BCUT2D eigenvalue weighted by molar-refractivity contribution is -0.137. The van der Waals surface area contributed by atoms with E-state index in [1.54, 1.807) is 13.0 Å². The lowest BCUT2D eigenvalue weighted by Crippen LogP contribution is -2.48. The fourth-order valence-electron chi connectivity index (χ4n) is 2.18. The number of piperazine rings is 1. The summed E-state index contributed by atoms with van der Waals surface area (Å²) in [6.07, 6.45) is -4.30. The van der Waals surface area contributed by atoms with Crippen LogP contribution in [0.25, 0.3) is 0 Å². The van der Waals surface area contributed by atoms with Crippen LogP contribution in [0.1, 0.15) is 12.5 Å². The summed E-state index contributed by atoms with van der Waals surface area (Å²) in [5.74, 6) is 0.503. The zero-order valence-electron chi connectivity index (χ0n) is 10.7. The first-order valence-electron chi connectivity index (χ1n) is 6.10. The second kappa shape index (κ2) is 5.11. The van der Waals surface area contributed by atoms with Crippen molar-refractivity contribution in [2.75, 3.05) is 31.1 Å². The molecule has 1 saturated heterocycles. The SMILES string of the molecule is CC(=N)N1CCN(c2cccc(C(F)(F)F)c2)CC1. The molecule has 1 aromatic rings. The Morgan fingerprint density at radius 1 is 1.16 bits per heavy atom. The van der Waals surface area contributed by atoms with Crippen LogP contribution >= 0.6 is 0 Å². The van der Waals surface area contributed by atoms with Crippen LogP contribution in [-0.2, 0) is 6.18 Å². The molecule has 1 aliphatic heterocycles. The van der Waals surface area contributed by atoms with Gasteiger partial charge in [-0.1, -0.05) is 6.07 Å². The van der Waals surface area contributed by atoms with Gasteiger partial charge >= 0.3 is 6.18 Å². The average molecular weight is 271 g/mol. The van der Waals surface area contributed by atoms with Gasteiger partial charge in [0.05, 0.1) is 11.4 Å². The lowest BCUT2D eigenvalue weighted by atomic mass is 10.1. The molecule has 104 valence electrons. The highest BCUT2D eigenvalue weighted by atomic mass is 19.4. The van der Waals surface area contributed by atoms with Gasteiger partial charge in [-0.2, -0.15) is 13.2 Å². The summed E-state index contributed by atoms with van der Waals surface area (Å²) in [4.78, 5) is 3.85. The molecule has 2 rings (SSSR count). The van der Waals surface area contributed by atoms with Crippen LogP contribution in [0.5, 0.6) is 0 Å². The normalized spacial score (nSPS) is 16.6. The highest BCUT2D eigenvalue weighted by Gasteiger charge is 2.31. The van der Waals surface area contributed by atoms with E-state index in [1.165, 1.54) is 12.1 Å². The van der Waals surface area contributed by atoms with Crippen molar-refractivity contribution in [3.63, 3.8) is 0 Å². The number of benzene rings is 1. The molecule has 0 aromatic heterocycles. The third-order valence-electron chi connectivity index (χ3n) is 3.29. The third kappa shape index (κ3) is 3.19. The van der Waals surface area contributed by atoms with Crippen LogP contribution in [0.2, 0.25) is 0 Å². The molecular weight excluding hydrogens is 255 g/mol. The van der Waals surface area contributed by atoms with E-state index in [0.717, 1.165) is 6.07 Å². The minimum absolute atomic E-state index is 0.503. The van der Waals surface area contributed by atoms with E-state index in [2.05, 4.69) is 0 Å². The van der Waals surface area contributed by atoms with E-state index in [4.69, 9.17) is 5.41 Å². The van der Waals surface area contributed by atoms with Gasteiger partial charge in [0.1, 0.15) is 0 Å². The molecule has 0 spiro atoms. The van der Waals surface area contributed by atoms with Crippen molar-refractivity contribution in [3.8, 4) is 0 Å². The second-order valence-electron chi connectivity index (χ2n) is 4.61. The molecule has 1 aromatic carbocycles. The number of amidine groups is 1. The number of rotatable bonds is 1. The van der Waals surface area contributed by atoms with Gasteiger partial charge in [0.2, 0.25) is 0 Å². The summed E-state index contributed by atoms with van der Waals surface area (Å²) in [7, 11) is 0. The Hall–Kier alpha value is -1.72. The van der Waals surface area contributed by atoms with Gasteiger partial charge in [-0.05, 0) is 25.1 Å². The number of nitrogens with one attached hydrogen (secondary N) is 1. The van der Waals surface area contributed by atoms with Gasteiger partial charge < -0.3 is 9.80 Å². The fraction of sp³-hybridized carbons (Fsp3) is 0.462. The molecule has 0 bridgehead atoms. The zero-order valence-corrected chi connectivity index (χ0v) is 10.7. The van der Waals surface area contributed by atoms with Crippen LogP contribution in [0, 0.1) is 5.41 Å². The molecule has 3 nitrogen and oxygen atoms in total. The molecule has 0 aliphatic carbocycles. The average Bonchev–Trinajstić information content (AvgIpc) is 2.38. The molecule has 19 heavy (non-hydrogen) atoms. The van der Waals surface area contributed by atoms with Gasteiger partial charge in [-0.15, -0.1) is 0 Å². The van der Waals surface area contributed by atoms with Gasteiger partial charge in [0.15, 0.2) is 0 Å². The number of halogens is 3. The summed E-state index contributed by atoms with van der Waals surface area (Å²) in [5.41, 5.74) is -0.0206. The Morgan fingerprint density at radius 2 is 1.79 bits per heavy atom. The van der Waals surface area contributed by atoms with E-state index in [-0.39, 0.29) is 0 Å². The molecule has 1 fully saturated rings. The third-order valence-corrected chi connectivity index (χ3v) is 3.29. The Balaban J connectivity index is 2.10. The van der Waals surface area contributed by atoms with Crippen molar-refractivity contribution in [1.29, 1.82) is 5.41 Å². The molecule has 1 aliphatic rings. The molecule has 0 atom stereocenters. The molecule has 1 heterocycles. The molecule has 0 amide bonds. The van der Waals surface area contributed by atoms with Gasteiger partial charge in [0.25, 0.3) is 0 Å². The van der Waals surface area contributed by atoms with Crippen LogP contribution in [-0.4, -0.2) is 36.9 Å². The Bertz CT molecular complexity index is 462. The maximum atomic E-state index is 12.6. The van der Waals surface area contributed by atoms with Crippen LogP contribution in [0.4, 0.5) is 18.9 Å². The van der Waals surface area contributed by atoms with Gasteiger partial charge in [-0.25, -0.2) is 0 Å². The monoisotopic (exact) mass is 271 g/mol. The van der Waals surface area contributed by atoms with Crippen molar-refractivity contribution in [2.45, 2.75) is 13.1 Å². The molecule has 6 heteroatoms. The van der Waals surface area contributed by atoms with Gasteiger partial charge in [0, 0.05) is 31.9 Å². The summed E-state index contributed by atoms with van der Waals surface area (Å²) >= 11 is 0. The summed E-state index contributed by atoms with van der Waals surface area (Å²) in [6, 6.07) is 5.41. The quantitative estimate of drug-likeness (QED) is 0.629. The molecule has 0 unspecified atom stereocenters. The highest BCUT2D eigenvalue weighted by Crippen LogP contribution is 2.31. The Labute approximate surface area is 110 Å². The van der Waals surface area contributed by atoms with Crippen molar-refractivity contribution in [1.82, 2.24) is 4.90 Å². The topological polar surface area (TPSA) is 30.3 Å². The summed E-state index contributed by atoms with van der Waals surface area (Å²) < 4.78 is 37.9. The van der Waals surface area contributed by atoms with Crippen LogP contribution in [0.3, 0.4) is 0 Å². The summed E-state index contributed by atoms with van der Waals surface area (Å²) in [6.45, 7) is 4.34. The first-order valence-corrected chi connectivity index (χ1v) is 6.10. The fourth-order valence-corrected chi connectivity index (χ4v) is 2.18. The molecule has 1 N–H and O–H groups in total. The number of hydrogen-bond donors (Lipinski definition) is 1. The Morgan fingerprint density at radius 3 is 2.32 bits per heavy atom. The molecular formula is C13H16F3N3. The highest BCUT2D eigenvalue weighted by molar-refractivity contribution is 5.76. The number of alkyl halides is 3. The minimum atomic E-state index is -4.30. The van der Waals surface area contributed by atoms with Crippen LogP contribution < -0.4 is 4.90 Å². The second-order valence-corrected chi connectivity index (χ2v) is 4.61. The lowest BCUT2D eigenvalue weighted by Gasteiger charge is -2.36. The maximum Gasteiger partial charge on any atom is 0.416 e. The predicted octanol–water partition coefficient (Wildman–Crippen LogP) is 2.82. The number of hydrogen-bond acceptors (Lipinski definition) is 2. The van der Waals surface area contributed by atoms with Crippen molar-refractivity contribution >= 4 is 11.5 Å². The van der Waals surface area contributed by atoms with E-state index in [0.29, 0.717) is 37.7 Å². The van der Waals surface area contributed by atoms with Crippen LogP contribution in [0.15, 0.2) is 24.3 Å². The van der Waals surface area contributed by atoms with Crippen molar-refractivity contribution < 1.29 is 13.2 Å².